The van der Waals surface area contributed by atoms with Gasteiger partial charge in [-0.25, -0.2) is 0 Å². The molecular formula is C21H23N5S. The molecule has 27 heavy (non-hydrogen) atoms. The first-order valence-electron chi connectivity index (χ1n) is 9.06. The van der Waals surface area contributed by atoms with Crippen LogP contribution < -0.4 is 5.32 Å². The Morgan fingerprint density at radius 2 is 2.00 bits per heavy atom. The van der Waals surface area contributed by atoms with Gasteiger partial charge in [0, 0.05) is 43.6 Å². The van der Waals surface area contributed by atoms with Gasteiger partial charge >= 0.3 is 0 Å². The SMILES string of the molecule is Cc1cc([C@H]2[C@@H](c3ccccn3)NC(=S)N2Cc2cccnc2)c(C)n1C. The van der Waals surface area contributed by atoms with Crippen molar-refractivity contribution in [1.82, 2.24) is 24.8 Å². The van der Waals surface area contributed by atoms with Crippen molar-refractivity contribution in [2.45, 2.75) is 32.5 Å². The van der Waals surface area contributed by atoms with E-state index >= 15 is 0 Å². The molecule has 1 fully saturated rings. The highest BCUT2D eigenvalue weighted by atomic mass is 32.1. The standard InChI is InChI=1S/C21H23N5S/c1-14-11-17(15(2)25(14)3)20-19(18-8-4-5-10-23-18)24-21(27)26(20)13-16-7-6-9-22-12-16/h4-12,19-20H,13H2,1-3H3,(H,24,27)/t19-,20+/m1/s1. The molecular weight excluding hydrogens is 354 g/mol. The topological polar surface area (TPSA) is 46.0 Å². The molecule has 0 radical (unpaired) electrons. The van der Waals surface area contributed by atoms with Gasteiger partial charge in [0.05, 0.1) is 17.8 Å². The van der Waals surface area contributed by atoms with Crippen molar-refractivity contribution in [1.29, 1.82) is 0 Å². The third kappa shape index (κ3) is 3.21. The molecule has 0 spiro atoms. The summed E-state index contributed by atoms with van der Waals surface area (Å²) in [5.74, 6) is 0. The molecule has 4 heterocycles. The van der Waals surface area contributed by atoms with Crippen molar-refractivity contribution in [3.05, 3.63) is 83.2 Å². The molecule has 0 aliphatic carbocycles. The van der Waals surface area contributed by atoms with Gasteiger partial charge in [-0.05, 0) is 61.5 Å². The van der Waals surface area contributed by atoms with Crippen LogP contribution in [0.5, 0.6) is 0 Å². The monoisotopic (exact) mass is 377 g/mol. The summed E-state index contributed by atoms with van der Waals surface area (Å²) in [5.41, 5.74) is 5.91. The van der Waals surface area contributed by atoms with E-state index in [1.807, 2.05) is 30.6 Å². The number of aromatic nitrogens is 3. The minimum Gasteiger partial charge on any atom is -0.352 e. The average molecular weight is 378 g/mol. The van der Waals surface area contributed by atoms with Crippen LogP contribution in [-0.4, -0.2) is 24.5 Å². The molecule has 1 N–H and O–H groups in total. The molecule has 3 aromatic heterocycles. The van der Waals surface area contributed by atoms with Gasteiger partial charge < -0.3 is 14.8 Å². The first kappa shape index (κ1) is 17.7. The third-order valence-corrected chi connectivity index (χ3v) is 5.76. The van der Waals surface area contributed by atoms with Crippen LogP contribution in [0.4, 0.5) is 0 Å². The number of pyridine rings is 2. The summed E-state index contributed by atoms with van der Waals surface area (Å²) in [6, 6.07) is 12.4. The van der Waals surface area contributed by atoms with E-state index in [1.165, 1.54) is 17.0 Å². The Hall–Kier alpha value is -2.73. The van der Waals surface area contributed by atoms with E-state index in [-0.39, 0.29) is 12.1 Å². The van der Waals surface area contributed by atoms with Crippen molar-refractivity contribution in [2.75, 3.05) is 0 Å². The predicted molar refractivity (Wildman–Crippen MR) is 110 cm³/mol. The van der Waals surface area contributed by atoms with Crippen molar-refractivity contribution >= 4 is 17.3 Å². The fourth-order valence-corrected chi connectivity index (χ4v) is 4.09. The molecule has 1 saturated heterocycles. The predicted octanol–water partition coefficient (Wildman–Crippen LogP) is 3.60. The maximum absolute atomic E-state index is 5.74. The molecule has 0 saturated carbocycles. The molecule has 0 bridgehead atoms. The van der Waals surface area contributed by atoms with Crippen LogP contribution in [0.3, 0.4) is 0 Å². The first-order valence-corrected chi connectivity index (χ1v) is 9.47. The van der Waals surface area contributed by atoms with Gasteiger partial charge in [0.25, 0.3) is 0 Å². The van der Waals surface area contributed by atoms with Crippen molar-refractivity contribution in [2.24, 2.45) is 7.05 Å². The maximum Gasteiger partial charge on any atom is 0.170 e. The number of nitrogens with one attached hydrogen (secondary N) is 1. The largest absolute Gasteiger partial charge is 0.352 e. The number of nitrogens with zero attached hydrogens (tertiary/aromatic N) is 4. The van der Waals surface area contributed by atoms with Crippen LogP contribution >= 0.6 is 12.2 Å². The lowest BCUT2D eigenvalue weighted by Gasteiger charge is -2.28. The first-order chi connectivity index (χ1) is 13.1. The van der Waals surface area contributed by atoms with Crippen molar-refractivity contribution in [3.63, 3.8) is 0 Å². The Balaban J connectivity index is 1.79. The van der Waals surface area contributed by atoms with E-state index in [2.05, 4.69) is 63.8 Å². The molecule has 1 aliphatic rings. The minimum absolute atomic E-state index is 0.0101. The van der Waals surface area contributed by atoms with E-state index in [0.29, 0.717) is 6.54 Å². The minimum atomic E-state index is 0.0101. The van der Waals surface area contributed by atoms with Crippen LogP contribution in [0.25, 0.3) is 0 Å². The number of hydrogen-bond donors (Lipinski definition) is 1. The summed E-state index contributed by atoms with van der Waals surface area (Å²) in [7, 11) is 2.11. The van der Waals surface area contributed by atoms with Crippen molar-refractivity contribution in [3.8, 4) is 0 Å². The second kappa shape index (κ2) is 7.12. The third-order valence-electron chi connectivity index (χ3n) is 5.41. The summed E-state index contributed by atoms with van der Waals surface area (Å²) in [4.78, 5) is 11.1. The van der Waals surface area contributed by atoms with E-state index in [4.69, 9.17) is 12.2 Å². The van der Waals surface area contributed by atoms with Gasteiger partial charge in [0.2, 0.25) is 0 Å². The van der Waals surface area contributed by atoms with Crippen LogP contribution in [0, 0.1) is 13.8 Å². The summed E-state index contributed by atoms with van der Waals surface area (Å²) in [6.45, 7) is 5.01. The molecule has 0 amide bonds. The molecule has 0 aromatic carbocycles. The number of aryl methyl sites for hydroxylation is 1. The highest BCUT2D eigenvalue weighted by Crippen LogP contribution is 2.41. The Labute approximate surface area is 165 Å². The van der Waals surface area contributed by atoms with Gasteiger partial charge in [-0.2, -0.15) is 0 Å². The van der Waals surface area contributed by atoms with E-state index in [9.17, 15) is 0 Å². The van der Waals surface area contributed by atoms with Gasteiger partial charge in [-0.3, -0.25) is 9.97 Å². The lowest BCUT2D eigenvalue weighted by Crippen LogP contribution is -2.29. The Bertz CT molecular complexity index is 951. The molecule has 3 aromatic rings. The van der Waals surface area contributed by atoms with Gasteiger partial charge in [0.15, 0.2) is 5.11 Å². The second-order valence-electron chi connectivity index (χ2n) is 7.00. The summed E-state index contributed by atoms with van der Waals surface area (Å²) >= 11 is 5.74. The Morgan fingerprint density at radius 1 is 1.15 bits per heavy atom. The van der Waals surface area contributed by atoms with Crippen LogP contribution in [0.2, 0.25) is 0 Å². The molecule has 6 heteroatoms. The van der Waals surface area contributed by atoms with E-state index < -0.39 is 0 Å². The molecule has 5 nitrogen and oxygen atoms in total. The molecule has 138 valence electrons. The molecule has 4 rings (SSSR count). The number of hydrogen-bond acceptors (Lipinski definition) is 3. The number of thiocarbonyl (C=S) groups is 1. The Morgan fingerprint density at radius 3 is 2.63 bits per heavy atom. The summed E-state index contributed by atoms with van der Waals surface area (Å²) in [6.07, 6.45) is 5.53. The zero-order valence-corrected chi connectivity index (χ0v) is 16.6. The maximum atomic E-state index is 5.74. The van der Waals surface area contributed by atoms with E-state index in [1.54, 1.807) is 6.20 Å². The summed E-state index contributed by atoms with van der Waals surface area (Å²) in [5, 5.41) is 4.26. The smallest absolute Gasteiger partial charge is 0.170 e. The highest BCUT2D eigenvalue weighted by Gasteiger charge is 2.41. The van der Waals surface area contributed by atoms with Gasteiger partial charge in [-0.15, -0.1) is 0 Å². The summed E-state index contributed by atoms with van der Waals surface area (Å²) < 4.78 is 2.23. The van der Waals surface area contributed by atoms with Crippen LogP contribution in [0.15, 0.2) is 55.0 Å². The molecule has 0 unspecified atom stereocenters. The normalized spacial score (nSPS) is 19.4. The molecule has 2 atom stereocenters. The highest BCUT2D eigenvalue weighted by molar-refractivity contribution is 7.80. The Kier molecular flexibility index (Phi) is 4.66. The second-order valence-corrected chi connectivity index (χ2v) is 7.39. The van der Waals surface area contributed by atoms with Gasteiger partial charge in [-0.1, -0.05) is 12.1 Å². The lowest BCUT2D eigenvalue weighted by molar-refractivity contribution is 0.309. The average Bonchev–Trinajstić information content (AvgIpc) is 3.14. The fraction of sp³-hybridized carbons (Fsp3) is 0.286. The van der Waals surface area contributed by atoms with E-state index in [0.717, 1.165) is 16.4 Å². The number of rotatable bonds is 4. The zero-order valence-electron chi connectivity index (χ0n) is 15.8. The van der Waals surface area contributed by atoms with Gasteiger partial charge in [0.1, 0.15) is 0 Å². The quantitative estimate of drug-likeness (QED) is 0.704. The fourth-order valence-electron chi connectivity index (χ4n) is 3.79. The van der Waals surface area contributed by atoms with Crippen LogP contribution in [-0.2, 0) is 13.6 Å². The zero-order chi connectivity index (χ0) is 19.0. The van der Waals surface area contributed by atoms with Crippen LogP contribution in [0.1, 0.15) is 40.3 Å². The molecule has 1 aliphatic heterocycles. The lowest BCUT2D eigenvalue weighted by atomic mass is 9.96. The van der Waals surface area contributed by atoms with Crippen molar-refractivity contribution < 1.29 is 0 Å².